The minimum atomic E-state index is -2.52. The van der Waals surface area contributed by atoms with E-state index in [1.807, 2.05) is 0 Å². The molecule has 0 fully saturated rings. The summed E-state index contributed by atoms with van der Waals surface area (Å²) in [4.78, 5) is 0. The normalized spacial score (nSPS) is 12.9. The van der Waals surface area contributed by atoms with Crippen molar-refractivity contribution < 1.29 is 4.43 Å². The highest BCUT2D eigenvalue weighted by atomic mass is 127. The van der Waals surface area contributed by atoms with Crippen molar-refractivity contribution in [3.8, 4) is 9.85 Å². The predicted octanol–water partition coefficient (Wildman–Crippen LogP) is 5.91. The molecule has 1 nitrogen and oxygen atoms in total. The predicted molar refractivity (Wildman–Crippen MR) is 128 cm³/mol. The molecule has 0 spiro atoms. The molecule has 2 rings (SSSR count). The summed E-state index contributed by atoms with van der Waals surface area (Å²) in [7, 11) is -2.52. The summed E-state index contributed by atoms with van der Waals surface area (Å²) in [6.45, 7) is 9.20. The summed E-state index contributed by atoms with van der Waals surface area (Å²) in [5.41, 5.74) is 0. The molecule has 0 aromatic heterocycles. The van der Waals surface area contributed by atoms with E-state index in [0.29, 0.717) is 0 Å². The molecule has 27 heavy (non-hydrogen) atoms. The maximum absolute atomic E-state index is 7.12. The number of rotatable bonds is 8. The quantitative estimate of drug-likeness (QED) is 0.194. The van der Waals surface area contributed by atoms with Crippen LogP contribution in [0.25, 0.3) is 0 Å². The number of unbranched alkanes of at least 4 members (excludes halogenated alkanes) is 2. The summed E-state index contributed by atoms with van der Waals surface area (Å²) in [5.74, 6) is 3.36. The van der Waals surface area contributed by atoms with Crippen LogP contribution in [0.15, 0.2) is 60.7 Å². The SMILES string of the molecule is CCCCC[C@@H](C#CI)O[Si](c1ccccc1)(c1ccccc1)C(C)(C)C. The molecule has 2 aromatic rings. The molecule has 3 heteroatoms. The van der Waals surface area contributed by atoms with E-state index >= 15 is 0 Å². The fraction of sp³-hybridized carbons (Fsp3) is 0.417. The van der Waals surface area contributed by atoms with Crippen LogP contribution in [0.5, 0.6) is 0 Å². The van der Waals surface area contributed by atoms with Crippen molar-refractivity contribution in [1.29, 1.82) is 0 Å². The lowest BCUT2D eigenvalue weighted by Crippen LogP contribution is -2.67. The number of hydrogen-bond acceptors (Lipinski definition) is 1. The summed E-state index contributed by atoms with van der Waals surface area (Å²) in [5, 5.41) is 2.63. The minimum absolute atomic E-state index is 0.00827. The van der Waals surface area contributed by atoms with Gasteiger partial charge in [-0.1, -0.05) is 107 Å². The third-order valence-electron chi connectivity index (χ3n) is 5.02. The molecule has 0 aliphatic heterocycles. The highest BCUT2D eigenvalue weighted by Gasteiger charge is 2.51. The van der Waals surface area contributed by atoms with Crippen LogP contribution in [0.4, 0.5) is 0 Å². The van der Waals surface area contributed by atoms with Crippen molar-refractivity contribution in [1.82, 2.24) is 0 Å². The van der Waals surface area contributed by atoms with Gasteiger partial charge in [0.05, 0.1) is 0 Å². The largest absolute Gasteiger partial charge is 0.394 e. The topological polar surface area (TPSA) is 9.23 Å². The Labute approximate surface area is 180 Å². The van der Waals surface area contributed by atoms with Gasteiger partial charge in [-0.2, -0.15) is 0 Å². The Kier molecular flexibility index (Phi) is 8.59. The van der Waals surface area contributed by atoms with Crippen LogP contribution in [0.1, 0.15) is 53.4 Å². The van der Waals surface area contributed by atoms with E-state index in [1.165, 1.54) is 23.2 Å². The van der Waals surface area contributed by atoms with Crippen LogP contribution in [0.2, 0.25) is 5.04 Å². The van der Waals surface area contributed by atoms with Gasteiger partial charge in [-0.3, -0.25) is 0 Å². The Morgan fingerprint density at radius 1 is 0.926 bits per heavy atom. The average molecular weight is 491 g/mol. The van der Waals surface area contributed by atoms with Crippen molar-refractivity contribution in [3.05, 3.63) is 60.7 Å². The van der Waals surface area contributed by atoms with E-state index in [9.17, 15) is 0 Å². The number of hydrogen-bond donors (Lipinski definition) is 0. The van der Waals surface area contributed by atoms with E-state index < -0.39 is 8.32 Å². The minimum Gasteiger partial charge on any atom is -0.394 e. The Morgan fingerprint density at radius 3 is 1.85 bits per heavy atom. The monoisotopic (exact) mass is 490 g/mol. The zero-order valence-corrected chi connectivity index (χ0v) is 20.1. The first-order valence-electron chi connectivity index (χ1n) is 9.85. The van der Waals surface area contributed by atoms with Gasteiger partial charge in [0.1, 0.15) is 6.10 Å². The van der Waals surface area contributed by atoms with Crippen LogP contribution >= 0.6 is 22.6 Å². The second-order valence-electron chi connectivity index (χ2n) is 8.00. The average Bonchev–Trinajstić information content (AvgIpc) is 2.66. The summed E-state index contributed by atoms with van der Waals surface area (Å²) < 4.78 is 10.2. The first-order valence-corrected chi connectivity index (χ1v) is 12.8. The Morgan fingerprint density at radius 2 is 1.44 bits per heavy atom. The molecular formula is C24H31IOSi. The lowest BCUT2D eigenvalue weighted by molar-refractivity contribution is 0.227. The lowest BCUT2D eigenvalue weighted by atomic mass is 10.1. The van der Waals surface area contributed by atoms with Gasteiger partial charge in [0.15, 0.2) is 0 Å². The second kappa shape index (κ2) is 10.5. The maximum atomic E-state index is 7.12. The molecule has 144 valence electrons. The second-order valence-corrected chi connectivity index (χ2v) is 12.8. The van der Waals surface area contributed by atoms with E-state index in [1.54, 1.807) is 0 Å². The summed E-state index contributed by atoms with van der Waals surface area (Å²) in [6.07, 6.45) is 4.56. The van der Waals surface area contributed by atoms with Gasteiger partial charge in [-0.25, -0.2) is 0 Å². The molecule has 0 aliphatic rings. The fourth-order valence-electron chi connectivity index (χ4n) is 3.71. The molecular weight excluding hydrogens is 459 g/mol. The van der Waals surface area contributed by atoms with E-state index in [2.05, 4.69) is 121 Å². The number of benzene rings is 2. The van der Waals surface area contributed by atoms with Crippen LogP contribution in [0, 0.1) is 9.85 Å². The van der Waals surface area contributed by atoms with Crippen molar-refractivity contribution in [2.45, 2.75) is 64.5 Å². The van der Waals surface area contributed by atoms with Gasteiger partial charge in [0.2, 0.25) is 0 Å². The molecule has 0 N–H and O–H groups in total. The number of halogens is 1. The van der Waals surface area contributed by atoms with Gasteiger partial charge in [-0.05, 0) is 32.2 Å². The van der Waals surface area contributed by atoms with E-state index in [-0.39, 0.29) is 11.1 Å². The van der Waals surface area contributed by atoms with Crippen molar-refractivity contribution in [2.24, 2.45) is 0 Å². The van der Waals surface area contributed by atoms with Crippen molar-refractivity contribution >= 4 is 41.3 Å². The molecule has 0 saturated carbocycles. The van der Waals surface area contributed by atoms with Crippen LogP contribution in [-0.4, -0.2) is 14.4 Å². The molecule has 1 atom stereocenters. The summed E-state index contributed by atoms with van der Waals surface area (Å²) >= 11 is 2.14. The standard InChI is InChI=1S/C24H31IOSi/c1-5-6-9-14-21(19-20-25)26-27(24(2,3)4,22-15-10-7-11-16-22)23-17-12-8-13-18-23/h7-8,10-13,15-18,21H,5-6,9,14H2,1-4H3/t21-/m0/s1. The van der Waals surface area contributed by atoms with Gasteiger partial charge >= 0.3 is 0 Å². The van der Waals surface area contributed by atoms with Gasteiger partial charge in [0.25, 0.3) is 8.32 Å². The van der Waals surface area contributed by atoms with Gasteiger partial charge in [0, 0.05) is 22.6 Å². The smallest absolute Gasteiger partial charge is 0.262 e. The molecule has 0 aliphatic carbocycles. The van der Waals surface area contributed by atoms with Gasteiger partial charge < -0.3 is 4.43 Å². The molecule has 0 heterocycles. The molecule has 0 unspecified atom stereocenters. The zero-order chi connectivity index (χ0) is 19.8. The van der Waals surface area contributed by atoms with Crippen LogP contribution in [0.3, 0.4) is 0 Å². The Balaban J connectivity index is 2.58. The van der Waals surface area contributed by atoms with Crippen LogP contribution < -0.4 is 10.4 Å². The Hall–Kier alpha value is -1.09. The lowest BCUT2D eigenvalue weighted by Gasteiger charge is -2.44. The molecule has 0 amide bonds. The third kappa shape index (κ3) is 5.46. The van der Waals surface area contributed by atoms with Crippen LogP contribution in [-0.2, 0) is 4.43 Å². The van der Waals surface area contributed by atoms with E-state index in [0.717, 1.165) is 12.8 Å². The molecule has 0 radical (unpaired) electrons. The summed E-state index contributed by atoms with van der Waals surface area (Å²) in [6, 6.07) is 21.7. The highest BCUT2D eigenvalue weighted by molar-refractivity contribution is 14.1. The third-order valence-corrected chi connectivity index (χ3v) is 10.4. The first kappa shape index (κ1) is 22.2. The van der Waals surface area contributed by atoms with Crippen molar-refractivity contribution in [2.75, 3.05) is 0 Å². The zero-order valence-electron chi connectivity index (χ0n) is 17.0. The Bertz CT molecular complexity index is 701. The van der Waals surface area contributed by atoms with Gasteiger partial charge in [-0.15, -0.1) is 0 Å². The van der Waals surface area contributed by atoms with E-state index in [4.69, 9.17) is 4.43 Å². The molecule has 0 bridgehead atoms. The molecule has 0 saturated heterocycles. The molecule has 2 aromatic carbocycles. The highest BCUT2D eigenvalue weighted by Crippen LogP contribution is 2.37. The van der Waals surface area contributed by atoms with Crippen molar-refractivity contribution in [3.63, 3.8) is 0 Å². The maximum Gasteiger partial charge on any atom is 0.262 e. The fourth-order valence-corrected chi connectivity index (χ4v) is 8.67. The first-order chi connectivity index (χ1) is 13.0.